The maximum absolute atomic E-state index is 11.5. The van der Waals surface area contributed by atoms with Crippen molar-refractivity contribution in [3.05, 3.63) is 22.5 Å². The Balaban J connectivity index is 2.51. The number of Topliss-reactive ketones (excluding diaryl/α,β-unsaturated/α-hetero) is 1. The number of fused-ring (bicyclic) bond motifs is 1. The van der Waals surface area contributed by atoms with E-state index in [1.165, 1.54) is 6.20 Å². The van der Waals surface area contributed by atoms with Crippen LogP contribution in [0.25, 0.3) is 0 Å². The van der Waals surface area contributed by atoms with Crippen molar-refractivity contribution in [1.82, 2.24) is 4.98 Å². The molecule has 0 saturated carbocycles. The van der Waals surface area contributed by atoms with E-state index in [0.717, 1.165) is 5.56 Å². The number of aryl methyl sites for hydroxylation is 1. The number of carbonyl (C=O) groups is 2. The van der Waals surface area contributed by atoms with Crippen molar-refractivity contribution in [2.45, 2.75) is 12.8 Å². The summed E-state index contributed by atoms with van der Waals surface area (Å²) in [4.78, 5) is 26.1. The Morgan fingerprint density at radius 3 is 2.94 bits per heavy atom. The summed E-state index contributed by atoms with van der Waals surface area (Å²) in [5.74, 6) is -2.92. The van der Waals surface area contributed by atoms with Crippen molar-refractivity contribution in [3.63, 3.8) is 0 Å². The molecule has 5 nitrogen and oxygen atoms in total. The zero-order valence-electron chi connectivity index (χ0n) is 8.45. The van der Waals surface area contributed by atoms with Crippen LogP contribution in [0.4, 0.5) is 5.69 Å². The van der Waals surface area contributed by atoms with Gasteiger partial charge in [-0.1, -0.05) is 11.6 Å². The molecule has 16 heavy (non-hydrogen) atoms. The van der Waals surface area contributed by atoms with Crippen molar-refractivity contribution in [1.29, 1.82) is 0 Å². The van der Waals surface area contributed by atoms with Gasteiger partial charge in [-0.2, -0.15) is 0 Å². The van der Waals surface area contributed by atoms with Gasteiger partial charge in [0.1, 0.15) is 0 Å². The molecule has 1 aromatic rings. The normalized spacial score (nSPS) is 17.8. The number of nitrogens with one attached hydrogen (secondary N) is 1. The second kappa shape index (κ2) is 3.75. The average Bonchev–Trinajstić information content (AvgIpc) is 2.67. The van der Waals surface area contributed by atoms with Crippen LogP contribution in [0.5, 0.6) is 0 Å². The van der Waals surface area contributed by atoms with E-state index in [1.54, 1.807) is 6.92 Å². The molecule has 0 spiro atoms. The van der Waals surface area contributed by atoms with Crippen molar-refractivity contribution in [2.24, 2.45) is 0 Å². The highest BCUT2D eigenvalue weighted by atomic mass is 35.5. The first-order valence-corrected chi connectivity index (χ1v) is 5.06. The van der Waals surface area contributed by atoms with Gasteiger partial charge in [-0.25, -0.2) is 9.78 Å². The van der Waals surface area contributed by atoms with Crippen molar-refractivity contribution in [3.8, 4) is 0 Å². The summed E-state index contributed by atoms with van der Waals surface area (Å²) in [5.41, 5.74) is 1.98. The number of nitrogens with zero attached hydrogens (tertiary/aromatic N) is 1. The molecule has 0 radical (unpaired) electrons. The van der Waals surface area contributed by atoms with Gasteiger partial charge in [-0.05, 0) is 18.1 Å². The molecule has 2 heterocycles. The summed E-state index contributed by atoms with van der Waals surface area (Å²) >= 11 is 5.86. The van der Waals surface area contributed by atoms with E-state index >= 15 is 0 Å². The Kier molecular flexibility index (Phi) is 2.55. The van der Waals surface area contributed by atoms with E-state index in [0.29, 0.717) is 11.3 Å². The average molecular weight is 241 g/mol. The molecule has 1 aliphatic rings. The first-order chi connectivity index (χ1) is 7.52. The van der Waals surface area contributed by atoms with Gasteiger partial charge in [-0.3, -0.25) is 4.79 Å². The highest BCUT2D eigenvalue weighted by molar-refractivity contribution is 6.36. The van der Waals surface area contributed by atoms with Gasteiger partial charge >= 0.3 is 5.97 Å². The zero-order chi connectivity index (χ0) is 11.9. The third-order valence-electron chi connectivity index (χ3n) is 2.63. The quantitative estimate of drug-likeness (QED) is 0.600. The molecular weight excluding hydrogens is 232 g/mol. The highest BCUT2D eigenvalue weighted by Gasteiger charge is 2.35. The van der Waals surface area contributed by atoms with E-state index in [-0.39, 0.29) is 11.7 Å². The van der Waals surface area contributed by atoms with Crippen LogP contribution in [-0.4, -0.2) is 28.4 Å². The Bertz CT molecular complexity index is 487. The van der Waals surface area contributed by atoms with Gasteiger partial charge in [0, 0.05) is 12.7 Å². The number of anilines is 1. The van der Waals surface area contributed by atoms with Gasteiger partial charge in [0.05, 0.1) is 11.6 Å². The van der Waals surface area contributed by atoms with E-state index < -0.39 is 17.7 Å². The number of aromatic nitrogens is 1. The van der Waals surface area contributed by atoms with Crippen LogP contribution in [0, 0.1) is 6.92 Å². The second-order valence-corrected chi connectivity index (χ2v) is 3.98. The van der Waals surface area contributed by atoms with E-state index in [4.69, 9.17) is 16.7 Å². The smallest absolute Gasteiger partial charge is 0.372 e. The highest BCUT2D eigenvalue weighted by Crippen LogP contribution is 2.38. The van der Waals surface area contributed by atoms with E-state index in [2.05, 4.69) is 10.3 Å². The predicted octanol–water partition coefficient (Wildman–Crippen LogP) is 1.21. The zero-order valence-corrected chi connectivity index (χ0v) is 9.21. The van der Waals surface area contributed by atoms with Gasteiger partial charge in [0.15, 0.2) is 5.15 Å². The lowest BCUT2D eigenvalue weighted by molar-refractivity contribution is -0.149. The maximum Gasteiger partial charge on any atom is 0.372 e. The third-order valence-corrected chi connectivity index (χ3v) is 2.92. The van der Waals surface area contributed by atoms with Crippen LogP contribution >= 0.6 is 11.6 Å². The molecule has 0 saturated heterocycles. The number of carbonyl (C=O) groups excluding carboxylic acids is 1. The van der Waals surface area contributed by atoms with Gasteiger partial charge < -0.3 is 10.4 Å². The Morgan fingerprint density at radius 1 is 1.62 bits per heavy atom. The Hall–Kier alpha value is -1.62. The SMILES string of the molecule is Cc1cnc(Cl)c2c1C(C(=O)C(=O)O)CN2. The lowest BCUT2D eigenvalue weighted by Crippen LogP contribution is -2.23. The minimum absolute atomic E-state index is 0.257. The van der Waals surface area contributed by atoms with Crippen LogP contribution in [0.15, 0.2) is 6.20 Å². The number of hydrogen-bond donors (Lipinski definition) is 2. The number of carboxylic acids is 1. The van der Waals surface area contributed by atoms with Gasteiger partial charge in [0.2, 0.25) is 5.78 Å². The molecule has 0 aromatic carbocycles. The Labute approximate surface area is 96.4 Å². The minimum Gasteiger partial charge on any atom is -0.475 e. The third kappa shape index (κ3) is 1.53. The fraction of sp³-hybridized carbons (Fsp3) is 0.300. The number of carboxylic acid groups (broad SMARTS) is 1. The van der Waals surface area contributed by atoms with Crippen LogP contribution in [0.3, 0.4) is 0 Å². The first kappa shape index (κ1) is 10.9. The summed E-state index contributed by atoms with van der Waals surface area (Å²) < 4.78 is 0. The lowest BCUT2D eigenvalue weighted by Gasteiger charge is -2.08. The molecule has 1 aliphatic heterocycles. The molecule has 0 fully saturated rings. The molecule has 0 bridgehead atoms. The van der Waals surface area contributed by atoms with Gasteiger partial charge in [0.25, 0.3) is 0 Å². The molecule has 1 aromatic heterocycles. The predicted molar refractivity (Wildman–Crippen MR) is 57.9 cm³/mol. The van der Waals surface area contributed by atoms with Crippen molar-refractivity contribution >= 4 is 29.0 Å². The summed E-state index contributed by atoms with van der Waals surface area (Å²) in [6.45, 7) is 2.03. The molecule has 6 heteroatoms. The molecule has 1 unspecified atom stereocenters. The lowest BCUT2D eigenvalue weighted by atomic mass is 9.94. The summed E-state index contributed by atoms with van der Waals surface area (Å²) in [5, 5.41) is 11.9. The summed E-state index contributed by atoms with van der Waals surface area (Å²) in [7, 11) is 0. The molecular formula is C10H9ClN2O3. The Morgan fingerprint density at radius 2 is 2.31 bits per heavy atom. The number of aliphatic carboxylic acids is 1. The fourth-order valence-electron chi connectivity index (χ4n) is 1.89. The molecule has 0 aliphatic carbocycles. The maximum atomic E-state index is 11.5. The number of hydrogen-bond acceptors (Lipinski definition) is 4. The second-order valence-electron chi connectivity index (χ2n) is 3.62. The number of pyridine rings is 1. The standard InChI is InChI=1S/C10H9ClN2O3/c1-4-2-13-9(11)7-6(4)5(3-12-7)8(14)10(15)16/h2,5,12H,3H2,1H3,(H,15,16). The number of ketones is 1. The number of rotatable bonds is 2. The summed E-state index contributed by atoms with van der Waals surface area (Å²) in [6.07, 6.45) is 1.54. The largest absolute Gasteiger partial charge is 0.475 e. The van der Waals surface area contributed by atoms with Crippen LogP contribution in [0.1, 0.15) is 17.0 Å². The van der Waals surface area contributed by atoms with Crippen molar-refractivity contribution in [2.75, 3.05) is 11.9 Å². The molecule has 0 amide bonds. The van der Waals surface area contributed by atoms with Crippen molar-refractivity contribution < 1.29 is 14.7 Å². The molecule has 1 atom stereocenters. The molecule has 84 valence electrons. The number of halogens is 1. The van der Waals surface area contributed by atoms with Crippen LogP contribution in [0.2, 0.25) is 5.15 Å². The molecule has 2 rings (SSSR count). The monoisotopic (exact) mass is 240 g/mol. The van der Waals surface area contributed by atoms with E-state index in [1.807, 2.05) is 0 Å². The summed E-state index contributed by atoms with van der Waals surface area (Å²) in [6, 6.07) is 0. The minimum atomic E-state index is -1.42. The van der Waals surface area contributed by atoms with E-state index in [9.17, 15) is 9.59 Å². The topological polar surface area (TPSA) is 79.3 Å². The van der Waals surface area contributed by atoms with Crippen LogP contribution < -0.4 is 5.32 Å². The van der Waals surface area contributed by atoms with Gasteiger partial charge in [-0.15, -0.1) is 0 Å². The fourth-order valence-corrected chi connectivity index (χ4v) is 2.11. The van der Waals surface area contributed by atoms with Crippen LogP contribution in [-0.2, 0) is 9.59 Å². The first-order valence-electron chi connectivity index (χ1n) is 4.68. The molecule has 2 N–H and O–H groups in total.